The van der Waals surface area contributed by atoms with Gasteiger partial charge in [-0.2, -0.15) is 0 Å². The number of carbonyl (C=O) groups excluding carboxylic acids is 2. The lowest BCUT2D eigenvalue weighted by Crippen LogP contribution is -2.21. The number of nitrogens with zero attached hydrogens (tertiary/aromatic N) is 1. The Morgan fingerprint density at radius 1 is 1.04 bits per heavy atom. The van der Waals surface area contributed by atoms with Gasteiger partial charge in [-0.05, 0) is 36.4 Å². The Hall–Kier alpha value is -3.61. The van der Waals surface area contributed by atoms with Crippen molar-refractivity contribution in [3.05, 3.63) is 65.2 Å². The standard InChI is InChI=1S/C18H15N3O4/c1-24-13-6-5-10-8-14(17(20)23)18(25-15(10)9-13)21-12-4-2-3-11(7-12)16(19)22/h2-9H,1H3,(H2,19,22)(H2,20,23). The van der Waals surface area contributed by atoms with Crippen LogP contribution < -0.4 is 21.8 Å². The summed E-state index contributed by atoms with van der Waals surface area (Å²) in [6.07, 6.45) is 0. The van der Waals surface area contributed by atoms with Crippen molar-refractivity contribution in [3.8, 4) is 5.75 Å². The fourth-order valence-corrected chi connectivity index (χ4v) is 2.33. The number of ether oxygens (including phenoxy) is 1. The molecular weight excluding hydrogens is 322 g/mol. The molecule has 126 valence electrons. The highest BCUT2D eigenvalue weighted by molar-refractivity contribution is 5.96. The van der Waals surface area contributed by atoms with Gasteiger partial charge in [0.15, 0.2) is 0 Å². The van der Waals surface area contributed by atoms with Crippen LogP contribution >= 0.6 is 0 Å². The molecule has 7 heteroatoms. The molecule has 0 atom stereocenters. The second kappa shape index (κ2) is 6.48. The summed E-state index contributed by atoms with van der Waals surface area (Å²) < 4.78 is 10.9. The van der Waals surface area contributed by atoms with E-state index in [-0.39, 0.29) is 11.1 Å². The largest absolute Gasteiger partial charge is 0.497 e. The summed E-state index contributed by atoms with van der Waals surface area (Å²) in [6, 6.07) is 13.1. The Morgan fingerprint density at radius 2 is 1.84 bits per heavy atom. The fraction of sp³-hybridized carbons (Fsp3) is 0.0556. The van der Waals surface area contributed by atoms with Gasteiger partial charge >= 0.3 is 0 Å². The van der Waals surface area contributed by atoms with Crippen LogP contribution in [-0.4, -0.2) is 18.9 Å². The zero-order valence-corrected chi connectivity index (χ0v) is 13.4. The molecular formula is C18H15N3O4. The summed E-state index contributed by atoms with van der Waals surface area (Å²) >= 11 is 0. The quantitative estimate of drug-likeness (QED) is 0.754. The molecule has 0 saturated carbocycles. The van der Waals surface area contributed by atoms with Gasteiger partial charge in [0, 0.05) is 17.0 Å². The third-order valence-corrected chi connectivity index (χ3v) is 3.58. The van der Waals surface area contributed by atoms with E-state index in [0.29, 0.717) is 28.0 Å². The summed E-state index contributed by atoms with van der Waals surface area (Å²) in [6.45, 7) is 0. The molecule has 0 aliphatic heterocycles. The number of hydrogen-bond donors (Lipinski definition) is 2. The van der Waals surface area contributed by atoms with Crippen molar-refractivity contribution in [1.82, 2.24) is 0 Å². The molecule has 4 N–H and O–H groups in total. The first kappa shape index (κ1) is 16.3. The highest BCUT2D eigenvalue weighted by Crippen LogP contribution is 2.21. The van der Waals surface area contributed by atoms with Crippen molar-refractivity contribution >= 4 is 28.5 Å². The van der Waals surface area contributed by atoms with Gasteiger partial charge in [0.2, 0.25) is 11.5 Å². The average Bonchev–Trinajstić information content (AvgIpc) is 2.60. The summed E-state index contributed by atoms with van der Waals surface area (Å²) in [4.78, 5) is 27.3. The van der Waals surface area contributed by atoms with E-state index >= 15 is 0 Å². The van der Waals surface area contributed by atoms with Gasteiger partial charge in [-0.15, -0.1) is 0 Å². The van der Waals surface area contributed by atoms with Gasteiger partial charge in [0.1, 0.15) is 16.9 Å². The van der Waals surface area contributed by atoms with Crippen LogP contribution in [0.5, 0.6) is 5.75 Å². The first-order valence-electron chi connectivity index (χ1n) is 7.34. The van der Waals surface area contributed by atoms with E-state index in [2.05, 4.69) is 4.99 Å². The van der Waals surface area contributed by atoms with Crippen LogP contribution in [0.1, 0.15) is 20.7 Å². The molecule has 7 nitrogen and oxygen atoms in total. The van der Waals surface area contributed by atoms with Crippen LogP contribution in [0, 0.1) is 0 Å². The molecule has 0 saturated heterocycles. The maximum atomic E-state index is 11.8. The maximum Gasteiger partial charge on any atom is 0.254 e. The topological polar surface area (TPSA) is 121 Å². The first-order valence-corrected chi connectivity index (χ1v) is 7.34. The molecule has 1 aromatic heterocycles. The molecule has 0 radical (unpaired) electrons. The lowest BCUT2D eigenvalue weighted by Gasteiger charge is -2.04. The minimum Gasteiger partial charge on any atom is -0.497 e. The van der Waals surface area contributed by atoms with Gasteiger partial charge < -0.3 is 20.6 Å². The number of benzene rings is 2. The third kappa shape index (κ3) is 3.35. The highest BCUT2D eigenvalue weighted by Gasteiger charge is 2.10. The monoisotopic (exact) mass is 337 g/mol. The number of fused-ring (bicyclic) bond motifs is 1. The first-order chi connectivity index (χ1) is 12.0. The van der Waals surface area contributed by atoms with Crippen LogP contribution in [0.3, 0.4) is 0 Å². The predicted molar refractivity (Wildman–Crippen MR) is 91.5 cm³/mol. The van der Waals surface area contributed by atoms with Gasteiger partial charge in [-0.25, -0.2) is 4.99 Å². The molecule has 3 aromatic rings. The molecule has 0 spiro atoms. The Bertz CT molecular complexity index is 1050. The Labute approximate surface area is 142 Å². The SMILES string of the molecule is COc1ccc2cc(C(N)=O)c(=Nc3cccc(C(N)=O)c3)oc2c1. The molecule has 0 fully saturated rings. The normalized spacial score (nSPS) is 11.5. The zero-order chi connectivity index (χ0) is 18.0. The number of amides is 2. The van der Waals surface area contributed by atoms with Crippen molar-refractivity contribution < 1.29 is 18.7 Å². The second-order valence-corrected chi connectivity index (χ2v) is 5.26. The zero-order valence-electron chi connectivity index (χ0n) is 13.4. The van der Waals surface area contributed by atoms with Crippen LogP contribution in [0.25, 0.3) is 11.0 Å². The Balaban J connectivity index is 2.25. The van der Waals surface area contributed by atoms with Crippen molar-refractivity contribution in [2.75, 3.05) is 7.11 Å². The molecule has 2 amide bonds. The predicted octanol–water partition coefficient (Wildman–Crippen LogP) is 1.87. The van der Waals surface area contributed by atoms with Crippen molar-refractivity contribution in [2.45, 2.75) is 0 Å². The molecule has 0 unspecified atom stereocenters. The summed E-state index contributed by atoms with van der Waals surface area (Å²) in [5.41, 5.74) is 12.1. The maximum absolute atomic E-state index is 11.8. The molecule has 1 heterocycles. The Kier molecular flexibility index (Phi) is 4.21. The smallest absolute Gasteiger partial charge is 0.254 e. The van der Waals surface area contributed by atoms with E-state index in [9.17, 15) is 9.59 Å². The minimum absolute atomic E-state index is 0.0369. The summed E-state index contributed by atoms with van der Waals surface area (Å²) in [5.74, 6) is -0.650. The molecule has 2 aromatic carbocycles. The fourth-order valence-electron chi connectivity index (χ4n) is 2.33. The van der Waals surface area contributed by atoms with Crippen molar-refractivity contribution in [1.29, 1.82) is 0 Å². The number of primary amides is 2. The highest BCUT2D eigenvalue weighted by atomic mass is 16.5. The molecule has 0 bridgehead atoms. The number of carbonyl (C=O) groups is 2. The van der Waals surface area contributed by atoms with Gasteiger partial charge in [-0.1, -0.05) is 6.07 Å². The van der Waals surface area contributed by atoms with Gasteiger partial charge in [0.25, 0.3) is 5.91 Å². The van der Waals surface area contributed by atoms with Crippen molar-refractivity contribution in [3.63, 3.8) is 0 Å². The number of nitrogens with two attached hydrogens (primary N) is 2. The molecule has 3 rings (SSSR count). The van der Waals surface area contributed by atoms with E-state index in [4.69, 9.17) is 20.6 Å². The van der Waals surface area contributed by atoms with E-state index in [1.54, 1.807) is 49.6 Å². The molecule has 0 aliphatic rings. The summed E-state index contributed by atoms with van der Waals surface area (Å²) in [7, 11) is 1.54. The van der Waals surface area contributed by atoms with Gasteiger partial charge in [-0.3, -0.25) is 9.59 Å². The van der Waals surface area contributed by atoms with Crippen molar-refractivity contribution in [2.24, 2.45) is 16.5 Å². The van der Waals surface area contributed by atoms with Crippen LogP contribution in [0.2, 0.25) is 0 Å². The van der Waals surface area contributed by atoms with Crippen LogP contribution in [-0.2, 0) is 0 Å². The molecule has 25 heavy (non-hydrogen) atoms. The lowest BCUT2D eigenvalue weighted by atomic mass is 10.1. The van der Waals surface area contributed by atoms with Crippen LogP contribution in [0.4, 0.5) is 5.69 Å². The number of rotatable bonds is 4. The van der Waals surface area contributed by atoms with Crippen LogP contribution in [0.15, 0.2) is 57.9 Å². The summed E-state index contributed by atoms with van der Waals surface area (Å²) in [5, 5.41) is 0.680. The average molecular weight is 337 g/mol. The van der Waals surface area contributed by atoms with E-state index in [0.717, 1.165) is 0 Å². The molecule has 0 aliphatic carbocycles. The van der Waals surface area contributed by atoms with Gasteiger partial charge in [0.05, 0.1) is 12.8 Å². The minimum atomic E-state index is -0.675. The van der Waals surface area contributed by atoms with E-state index in [1.165, 1.54) is 6.07 Å². The number of hydrogen-bond acceptors (Lipinski definition) is 5. The van der Waals surface area contributed by atoms with E-state index in [1.807, 2.05) is 0 Å². The second-order valence-electron chi connectivity index (χ2n) is 5.26. The number of methoxy groups -OCH3 is 1. The van der Waals surface area contributed by atoms with E-state index < -0.39 is 11.8 Å². The third-order valence-electron chi connectivity index (χ3n) is 3.58. The lowest BCUT2D eigenvalue weighted by molar-refractivity contribution is 0.0989. The Morgan fingerprint density at radius 3 is 2.52 bits per heavy atom.